The average Bonchev–Trinajstić information content (AvgIpc) is 2.88. The van der Waals surface area contributed by atoms with Gasteiger partial charge in [0.05, 0.1) is 6.04 Å². The molecule has 1 fully saturated rings. The van der Waals surface area contributed by atoms with E-state index >= 15 is 0 Å². The lowest BCUT2D eigenvalue weighted by Crippen LogP contribution is -2.41. The van der Waals surface area contributed by atoms with Crippen molar-refractivity contribution in [2.45, 2.75) is 52.1 Å². The van der Waals surface area contributed by atoms with Crippen LogP contribution in [0.1, 0.15) is 49.5 Å². The molecule has 2 rings (SSSR count). The molecule has 0 bridgehead atoms. The Kier molecular flexibility index (Phi) is 5.37. The molecule has 0 aliphatic carbocycles. The number of nitrogens with zero attached hydrogens (tertiary/aromatic N) is 2. The smallest absolute Gasteiger partial charge is 0.109 e. The van der Waals surface area contributed by atoms with Crippen molar-refractivity contribution >= 4 is 11.3 Å². The van der Waals surface area contributed by atoms with Crippen LogP contribution in [0.4, 0.5) is 0 Å². The molecule has 0 saturated carbocycles. The highest BCUT2D eigenvalue weighted by atomic mass is 32.1. The molecule has 1 aromatic heterocycles. The van der Waals surface area contributed by atoms with Crippen LogP contribution >= 0.6 is 11.3 Å². The number of aromatic nitrogens is 1. The maximum Gasteiger partial charge on any atom is 0.109 e. The van der Waals surface area contributed by atoms with Crippen LogP contribution in [0.5, 0.6) is 0 Å². The Labute approximate surface area is 121 Å². The average molecular weight is 281 g/mol. The topological polar surface area (TPSA) is 28.2 Å². The first-order chi connectivity index (χ1) is 9.10. The van der Waals surface area contributed by atoms with Gasteiger partial charge in [0, 0.05) is 17.1 Å². The summed E-state index contributed by atoms with van der Waals surface area (Å²) in [5.41, 5.74) is 0. The summed E-state index contributed by atoms with van der Waals surface area (Å²) in [6, 6.07) is 0.956. The zero-order valence-corrected chi connectivity index (χ0v) is 13.5. The fourth-order valence-electron chi connectivity index (χ4n) is 2.82. The molecule has 1 saturated heterocycles. The van der Waals surface area contributed by atoms with Gasteiger partial charge in [-0.2, -0.15) is 0 Å². The van der Waals surface area contributed by atoms with E-state index in [-0.39, 0.29) is 0 Å². The van der Waals surface area contributed by atoms with Gasteiger partial charge < -0.3 is 10.2 Å². The van der Waals surface area contributed by atoms with E-state index < -0.39 is 0 Å². The zero-order chi connectivity index (χ0) is 13.8. The number of piperidine rings is 1. The van der Waals surface area contributed by atoms with E-state index in [0.717, 1.165) is 12.3 Å². The van der Waals surface area contributed by atoms with E-state index in [2.05, 4.69) is 43.0 Å². The summed E-state index contributed by atoms with van der Waals surface area (Å²) in [5.74, 6) is 0.809. The number of rotatable bonds is 5. The first-order valence-corrected chi connectivity index (χ1v) is 8.31. The van der Waals surface area contributed by atoms with E-state index in [4.69, 9.17) is 0 Å². The molecule has 4 heteroatoms. The van der Waals surface area contributed by atoms with Crippen molar-refractivity contribution in [3.8, 4) is 0 Å². The molecule has 1 aliphatic rings. The van der Waals surface area contributed by atoms with Crippen molar-refractivity contribution in [1.29, 1.82) is 0 Å². The molecule has 3 nitrogen and oxygen atoms in total. The van der Waals surface area contributed by atoms with Crippen molar-refractivity contribution < 1.29 is 0 Å². The minimum absolute atomic E-state index is 0.375. The van der Waals surface area contributed by atoms with E-state index in [9.17, 15) is 0 Å². The normalized spacial score (nSPS) is 21.5. The minimum atomic E-state index is 0.375. The van der Waals surface area contributed by atoms with Gasteiger partial charge in [0.25, 0.3) is 0 Å². The lowest BCUT2D eigenvalue weighted by atomic mass is 9.90. The Morgan fingerprint density at radius 2 is 2.11 bits per heavy atom. The Bertz CT molecular complexity index is 382. The Balaban J connectivity index is 1.85. The number of hydrogen-bond acceptors (Lipinski definition) is 4. The quantitative estimate of drug-likeness (QED) is 0.899. The predicted molar refractivity (Wildman–Crippen MR) is 82.7 cm³/mol. The van der Waals surface area contributed by atoms with Gasteiger partial charge >= 0.3 is 0 Å². The lowest BCUT2D eigenvalue weighted by Gasteiger charge is -2.34. The molecule has 0 aromatic carbocycles. The largest absolute Gasteiger partial charge is 0.306 e. The molecule has 2 unspecified atom stereocenters. The Morgan fingerprint density at radius 1 is 1.42 bits per heavy atom. The SMILES string of the molecule is CCc1cnc(C(C)NC(C)C2CCN(C)CC2)s1. The fourth-order valence-corrected chi connectivity index (χ4v) is 3.69. The van der Waals surface area contributed by atoms with Crippen LogP contribution in [-0.4, -0.2) is 36.1 Å². The van der Waals surface area contributed by atoms with Gasteiger partial charge in [-0.05, 0) is 59.2 Å². The van der Waals surface area contributed by atoms with Gasteiger partial charge in [0.1, 0.15) is 5.01 Å². The van der Waals surface area contributed by atoms with Gasteiger partial charge in [-0.15, -0.1) is 11.3 Å². The minimum Gasteiger partial charge on any atom is -0.306 e. The zero-order valence-electron chi connectivity index (χ0n) is 12.6. The monoisotopic (exact) mass is 281 g/mol. The van der Waals surface area contributed by atoms with E-state index in [0.29, 0.717) is 12.1 Å². The second-order valence-corrected chi connectivity index (χ2v) is 6.98. The summed E-state index contributed by atoms with van der Waals surface area (Å²) in [5, 5.41) is 4.98. The third kappa shape index (κ3) is 4.01. The number of thiazole rings is 1. The number of aryl methyl sites for hydroxylation is 1. The summed E-state index contributed by atoms with van der Waals surface area (Å²) in [6.07, 6.45) is 5.75. The predicted octanol–water partition coefficient (Wildman–Crippen LogP) is 3.09. The van der Waals surface area contributed by atoms with Gasteiger partial charge in [-0.25, -0.2) is 4.98 Å². The van der Waals surface area contributed by atoms with E-state index in [1.807, 2.05) is 17.5 Å². The first-order valence-electron chi connectivity index (χ1n) is 7.49. The van der Waals surface area contributed by atoms with Crippen LogP contribution in [0, 0.1) is 5.92 Å². The summed E-state index contributed by atoms with van der Waals surface area (Å²) in [7, 11) is 2.22. The lowest BCUT2D eigenvalue weighted by molar-refractivity contribution is 0.185. The molecule has 2 atom stereocenters. The van der Waals surface area contributed by atoms with Crippen LogP contribution in [0.15, 0.2) is 6.20 Å². The van der Waals surface area contributed by atoms with Crippen molar-refractivity contribution in [2.24, 2.45) is 5.92 Å². The number of nitrogens with one attached hydrogen (secondary N) is 1. The third-order valence-corrected chi connectivity index (χ3v) is 5.60. The highest BCUT2D eigenvalue weighted by molar-refractivity contribution is 7.11. The number of hydrogen-bond donors (Lipinski definition) is 1. The summed E-state index contributed by atoms with van der Waals surface area (Å²) >= 11 is 1.85. The molecule has 0 spiro atoms. The van der Waals surface area contributed by atoms with Crippen molar-refractivity contribution in [3.63, 3.8) is 0 Å². The summed E-state index contributed by atoms with van der Waals surface area (Å²) in [6.45, 7) is 9.24. The van der Waals surface area contributed by atoms with Crippen molar-refractivity contribution in [2.75, 3.05) is 20.1 Å². The Hall–Kier alpha value is -0.450. The van der Waals surface area contributed by atoms with Crippen LogP contribution < -0.4 is 5.32 Å². The fraction of sp³-hybridized carbons (Fsp3) is 0.800. The summed E-state index contributed by atoms with van der Waals surface area (Å²) < 4.78 is 0. The van der Waals surface area contributed by atoms with Crippen LogP contribution in [0.25, 0.3) is 0 Å². The third-order valence-electron chi connectivity index (χ3n) is 4.27. The molecular weight excluding hydrogens is 254 g/mol. The maximum absolute atomic E-state index is 4.54. The van der Waals surface area contributed by atoms with E-state index in [1.54, 1.807) is 0 Å². The number of likely N-dealkylation sites (tertiary alicyclic amines) is 1. The maximum atomic E-state index is 4.54. The second-order valence-electron chi connectivity index (χ2n) is 5.84. The molecule has 108 valence electrons. The molecule has 1 N–H and O–H groups in total. The second kappa shape index (κ2) is 6.82. The highest BCUT2D eigenvalue weighted by Gasteiger charge is 2.24. The molecule has 0 radical (unpaired) electrons. The highest BCUT2D eigenvalue weighted by Crippen LogP contribution is 2.24. The van der Waals surface area contributed by atoms with Gasteiger partial charge in [-0.1, -0.05) is 6.92 Å². The molecule has 2 heterocycles. The van der Waals surface area contributed by atoms with E-state index in [1.165, 1.54) is 35.8 Å². The molecule has 1 aliphatic heterocycles. The van der Waals surface area contributed by atoms with Gasteiger partial charge in [0.15, 0.2) is 0 Å². The summed E-state index contributed by atoms with van der Waals surface area (Å²) in [4.78, 5) is 8.36. The van der Waals surface area contributed by atoms with Gasteiger partial charge in [0.2, 0.25) is 0 Å². The van der Waals surface area contributed by atoms with Crippen molar-refractivity contribution in [3.05, 3.63) is 16.1 Å². The van der Waals surface area contributed by atoms with Crippen molar-refractivity contribution in [1.82, 2.24) is 15.2 Å². The van der Waals surface area contributed by atoms with Crippen LogP contribution in [0.2, 0.25) is 0 Å². The molecular formula is C15H27N3S. The molecule has 19 heavy (non-hydrogen) atoms. The van der Waals surface area contributed by atoms with Gasteiger partial charge in [-0.3, -0.25) is 0 Å². The Morgan fingerprint density at radius 3 is 2.68 bits per heavy atom. The van der Waals surface area contributed by atoms with Crippen LogP contribution in [0.3, 0.4) is 0 Å². The standard InChI is InChI=1S/C15H27N3S/c1-5-14-10-16-15(19-14)12(3)17-11(2)13-6-8-18(4)9-7-13/h10-13,17H,5-9H2,1-4H3. The first kappa shape index (κ1) is 14.9. The molecule has 1 aromatic rings. The van der Waals surface area contributed by atoms with Crippen LogP contribution in [-0.2, 0) is 6.42 Å². The molecule has 0 amide bonds.